The van der Waals surface area contributed by atoms with Gasteiger partial charge in [0.05, 0.1) is 30.0 Å². The van der Waals surface area contributed by atoms with Gasteiger partial charge in [-0.15, -0.1) is 11.8 Å². The topological polar surface area (TPSA) is 164 Å². The average molecular weight is 595 g/mol. The predicted molar refractivity (Wildman–Crippen MR) is 165 cm³/mol. The number of para-hydroxylation sites is 2. The summed E-state index contributed by atoms with van der Waals surface area (Å²) in [5.41, 5.74) is 7.38. The summed E-state index contributed by atoms with van der Waals surface area (Å²) in [7, 11) is 0. The Kier molecular flexibility index (Phi) is 10.2. The van der Waals surface area contributed by atoms with E-state index in [1.165, 1.54) is 11.8 Å². The molecule has 12 heteroatoms. The van der Waals surface area contributed by atoms with Crippen molar-refractivity contribution in [1.82, 2.24) is 10.6 Å². The lowest BCUT2D eigenvalue weighted by atomic mass is 10.0. The highest BCUT2D eigenvalue weighted by atomic mass is 32.2. The maximum absolute atomic E-state index is 13.3. The van der Waals surface area contributed by atoms with Crippen molar-refractivity contribution in [2.75, 3.05) is 23.3 Å². The number of carbonyl (C=O) groups excluding carboxylic acids is 4. The van der Waals surface area contributed by atoms with E-state index < -0.39 is 23.7 Å². The highest BCUT2D eigenvalue weighted by Crippen LogP contribution is 2.33. The Hall–Kier alpha value is -3.93. The van der Waals surface area contributed by atoms with E-state index in [4.69, 9.17) is 10.5 Å². The molecule has 4 rings (SSSR count). The molecule has 3 aliphatic rings. The van der Waals surface area contributed by atoms with Crippen LogP contribution in [0.1, 0.15) is 52.9 Å². The van der Waals surface area contributed by atoms with E-state index in [2.05, 4.69) is 25.9 Å². The molecule has 1 aromatic rings. The number of benzene rings is 1. The summed E-state index contributed by atoms with van der Waals surface area (Å²) in [4.78, 5) is 61.0. The van der Waals surface area contributed by atoms with Gasteiger partial charge in [-0.2, -0.15) is 0 Å². The first-order valence-corrected chi connectivity index (χ1v) is 15.1. The van der Waals surface area contributed by atoms with Crippen molar-refractivity contribution in [2.24, 2.45) is 15.9 Å². The van der Waals surface area contributed by atoms with Crippen molar-refractivity contribution >= 4 is 57.6 Å². The minimum Gasteiger partial charge on any atom is -0.456 e. The first-order valence-electron chi connectivity index (χ1n) is 14.1. The number of hydrogen-bond acceptors (Lipinski definition) is 9. The molecule has 0 radical (unpaired) electrons. The maximum atomic E-state index is 13.3. The molecule has 0 unspecified atom stereocenters. The van der Waals surface area contributed by atoms with Gasteiger partial charge in [0.25, 0.3) is 0 Å². The zero-order valence-electron chi connectivity index (χ0n) is 24.1. The van der Waals surface area contributed by atoms with Crippen LogP contribution in [0, 0.1) is 5.92 Å². The number of fused-ring (bicyclic) bond motifs is 3. The van der Waals surface area contributed by atoms with Crippen LogP contribution in [-0.4, -0.2) is 64.4 Å². The number of nitrogens with zero attached hydrogens (tertiary/aromatic N) is 2. The second-order valence-electron chi connectivity index (χ2n) is 11.1. The van der Waals surface area contributed by atoms with Crippen LogP contribution in [0.15, 0.2) is 58.2 Å². The normalized spacial score (nSPS) is 25.0. The number of anilines is 2. The van der Waals surface area contributed by atoms with Gasteiger partial charge in [0.2, 0.25) is 17.7 Å². The van der Waals surface area contributed by atoms with Crippen molar-refractivity contribution in [3.63, 3.8) is 0 Å². The van der Waals surface area contributed by atoms with E-state index in [-0.39, 0.29) is 43.0 Å². The molecule has 5 N–H and O–H groups in total. The van der Waals surface area contributed by atoms with Crippen LogP contribution in [0.25, 0.3) is 0 Å². The first-order chi connectivity index (χ1) is 20.0. The van der Waals surface area contributed by atoms with Crippen LogP contribution in [0.2, 0.25) is 0 Å². The number of rotatable bonds is 7. The lowest BCUT2D eigenvalue weighted by Crippen LogP contribution is -2.53. The van der Waals surface area contributed by atoms with Gasteiger partial charge in [0.1, 0.15) is 22.7 Å². The Labute approximate surface area is 249 Å². The van der Waals surface area contributed by atoms with Gasteiger partial charge in [-0.25, -0.2) is 4.79 Å². The van der Waals surface area contributed by atoms with Gasteiger partial charge < -0.3 is 26.4 Å². The van der Waals surface area contributed by atoms with Gasteiger partial charge in [-0.1, -0.05) is 38.1 Å². The Morgan fingerprint density at radius 3 is 2.83 bits per heavy atom. The van der Waals surface area contributed by atoms with E-state index >= 15 is 0 Å². The molecule has 0 fully saturated rings. The van der Waals surface area contributed by atoms with Crippen LogP contribution < -0.4 is 21.7 Å². The highest BCUT2D eigenvalue weighted by molar-refractivity contribution is 8.14. The van der Waals surface area contributed by atoms with E-state index in [9.17, 15) is 19.2 Å². The number of carbonyl (C=O) groups is 4. The number of allylic oxidation sites excluding steroid dienone is 2. The fourth-order valence-corrected chi connectivity index (χ4v) is 5.70. The number of nitrogen functional groups attached to an aromatic ring is 1. The molecule has 4 bridgehead atoms. The standard InChI is InChI=1S/C30H38N6O5S/c1-18(2)26-28(39)41-20(9-5-4-6-12-24(37)34-22-11-8-7-10-21(22)31)15-25(38)32-16-19-13-14-23(33-19)27-36-30(3,17-42-27)29(40)35-26/h5,7-11,14,18,20,26H,4,6,12-13,15-17,31H2,1-3H3,(H,32,38)(H,34,37)(H,35,40)/b9-5+/t20-,26+,30+/m1/s1. The fraction of sp³-hybridized carbons (Fsp3) is 0.467. The van der Waals surface area contributed by atoms with Crippen molar-refractivity contribution in [3.05, 3.63) is 48.2 Å². The average Bonchev–Trinajstić information content (AvgIpc) is 3.58. The number of cyclic esters (lactones) is 1. The Morgan fingerprint density at radius 2 is 2.07 bits per heavy atom. The second kappa shape index (κ2) is 13.8. The zero-order valence-corrected chi connectivity index (χ0v) is 25.0. The summed E-state index contributed by atoms with van der Waals surface area (Å²) in [5, 5.41) is 9.17. The molecule has 224 valence electrons. The van der Waals surface area contributed by atoms with Gasteiger partial charge in [-0.05, 0) is 43.9 Å². The van der Waals surface area contributed by atoms with Crippen LogP contribution in [0.3, 0.4) is 0 Å². The van der Waals surface area contributed by atoms with Crippen LogP contribution in [0.4, 0.5) is 11.4 Å². The minimum atomic E-state index is -1.05. The number of hydrogen-bond donors (Lipinski definition) is 4. The fourth-order valence-electron chi connectivity index (χ4n) is 4.54. The number of nitrogens with one attached hydrogen (secondary N) is 3. The summed E-state index contributed by atoms with van der Waals surface area (Å²) in [5.74, 6) is -1.29. The third-order valence-electron chi connectivity index (χ3n) is 7.07. The Morgan fingerprint density at radius 1 is 1.29 bits per heavy atom. The zero-order chi connectivity index (χ0) is 30.3. The summed E-state index contributed by atoms with van der Waals surface area (Å²) >= 11 is 1.45. The molecule has 3 atom stereocenters. The molecule has 3 aliphatic heterocycles. The molecular weight excluding hydrogens is 556 g/mol. The smallest absolute Gasteiger partial charge is 0.329 e. The molecule has 0 saturated heterocycles. The van der Waals surface area contributed by atoms with Gasteiger partial charge in [0, 0.05) is 24.3 Å². The molecule has 0 aromatic heterocycles. The third-order valence-corrected chi connectivity index (χ3v) is 8.35. The number of ether oxygens (including phenoxy) is 1. The quantitative estimate of drug-likeness (QED) is 0.163. The first kappa shape index (κ1) is 31.0. The monoisotopic (exact) mass is 594 g/mol. The number of esters is 1. The number of thioether (sulfide) groups is 1. The summed E-state index contributed by atoms with van der Waals surface area (Å²) in [6.07, 6.45) is 6.36. The lowest BCUT2D eigenvalue weighted by molar-refractivity contribution is -0.153. The molecular formula is C30H38N6O5S. The molecule has 11 nitrogen and oxygen atoms in total. The van der Waals surface area contributed by atoms with E-state index in [1.54, 1.807) is 43.3 Å². The lowest BCUT2D eigenvalue weighted by Gasteiger charge is -2.27. The molecule has 3 heterocycles. The molecule has 0 aliphatic carbocycles. The largest absolute Gasteiger partial charge is 0.456 e. The minimum absolute atomic E-state index is 0.0946. The Bertz CT molecular complexity index is 1350. The maximum Gasteiger partial charge on any atom is 0.329 e. The number of unbranched alkanes of at least 4 members (excludes halogenated alkanes) is 1. The molecule has 42 heavy (non-hydrogen) atoms. The van der Waals surface area contributed by atoms with Gasteiger partial charge >= 0.3 is 5.97 Å². The summed E-state index contributed by atoms with van der Waals surface area (Å²) < 4.78 is 5.76. The van der Waals surface area contributed by atoms with Crippen LogP contribution >= 0.6 is 11.8 Å². The molecule has 3 amide bonds. The van der Waals surface area contributed by atoms with E-state index in [0.29, 0.717) is 47.1 Å². The van der Waals surface area contributed by atoms with Crippen molar-refractivity contribution < 1.29 is 23.9 Å². The van der Waals surface area contributed by atoms with Gasteiger partial charge in [0.15, 0.2) is 0 Å². The van der Waals surface area contributed by atoms with E-state index in [0.717, 1.165) is 5.71 Å². The number of amides is 3. The van der Waals surface area contributed by atoms with Crippen LogP contribution in [-0.2, 0) is 23.9 Å². The summed E-state index contributed by atoms with van der Waals surface area (Å²) in [6, 6.07) is 6.12. The SMILES string of the molecule is CC(C)[C@@H]1NC(=O)[C@]2(C)CSC(=N2)C2=CCC(=N2)CNC(=O)C[C@@H](/C=C/CCCC(=O)Nc2ccccc2N)OC1=O. The third kappa shape index (κ3) is 8.09. The van der Waals surface area contributed by atoms with Crippen LogP contribution in [0.5, 0.6) is 0 Å². The second-order valence-corrected chi connectivity index (χ2v) is 12.0. The predicted octanol–water partition coefficient (Wildman–Crippen LogP) is 3.14. The van der Waals surface area contributed by atoms with Crippen molar-refractivity contribution in [3.8, 4) is 0 Å². The summed E-state index contributed by atoms with van der Waals surface area (Å²) in [6.45, 7) is 5.64. The Balaban J connectivity index is 1.42. The van der Waals surface area contributed by atoms with Gasteiger partial charge in [-0.3, -0.25) is 24.4 Å². The number of nitrogens with two attached hydrogens (primary N) is 1. The van der Waals surface area contributed by atoms with Crippen molar-refractivity contribution in [2.45, 2.75) is 70.6 Å². The van der Waals surface area contributed by atoms with E-state index in [1.807, 2.05) is 19.9 Å². The van der Waals surface area contributed by atoms with Crippen molar-refractivity contribution in [1.29, 1.82) is 0 Å². The molecule has 0 saturated carbocycles. The molecule has 1 aromatic carbocycles. The number of aliphatic imine (C=N–C) groups is 2. The highest BCUT2D eigenvalue weighted by Gasteiger charge is 2.42. The molecule has 0 spiro atoms.